The summed E-state index contributed by atoms with van der Waals surface area (Å²) in [4.78, 5) is 6.70. The van der Waals surface area contributed by atoms with E-state index in [0.29, 0.717) is 18.1 Å². The van der Waals surface area contributed by atoms with Crippen LogP contribution in [0.15, 0.2) is 4.52 Å². The predicted molar refractivity (Wildman–Crippen MR) is 84.3 cm³/mol. The van der Waals surface area contributed by atoms with Gasteiger partial charge in [-0.25, -0.2) is 0 Å². The first kappa shape index (κ1) is 15.9. The maximum Gasteiger partial charge on any atom is 0.244 e. The predicted octanol–water partition coefficient (Wildman–Crippen LogP) is 2.95. The van der Waals surface area contributed by atoms with Crippen LogP contribution in [0, 0.1) is 24.7 Å². The van der Waals surface area contributed by atoms with E-state index in [1.165, 1.54) is 25.7 Å². The minimum Gasteiger partial charge on any atom is -0.392 e. The molecule has 0 amide bonds. The number of rotatable bonds is 4. The molecule has 1 N–H and O–H groups in total. The van der Waals surface area contributed by atoms with Gasteiger partial charge in [-0.1, -0.05) is 19.0 Å². The Kier molecular flexibility index (Phi) is 4.83. The Hall–Kier alpha value is -0.940. The van der Waals surface area contributed by atoms with Gasteiger partial charge < -0.3 is 9.63 Å². The summed E-state index contributed by atoms with van der Waals surface area (Å²) in [7, 11) is 0. The number of aliphatic hydroxyl groups excluding tert-OH is 1. The van der Waals surface area contributed by atoms with Gasteiger partial charge in [0.1, 0.15) is 0 Å². The van der Waals surface area contributed by atoms with Crippen molar-refractivity contribution in [2.45, 2.75) is 65.0 Å². The molecule has 4 atom stereocenters. The fourth-order valence-corrected chi connectivity index (χ4v) is 4.53. The number of likely N-dealkylation sites (tertiary alicyclic amines) is 1. The van der Waals surface area contributed by atoms with E-state index in [4.69, 9.17) is 4.52 Å². The van der Waals surface area contributed by atoms with Crippen LogP contribution in [0.1, 0.15) is 63.7 Å². The van der Waals surface area contributed by atoms with E-state index in [1.54, 1.807) is 0 Å². The topological polar surface area (TPSA) is 62.4 Å². The highest BCUT2D eigenvalue weighted by atomic mass is 16.5. The second-order valence-corrected chi connectivity index (χ2v) is 7.65. The number of hydrogen-bond acceptors (Lipinski definition) is 5. The molecule has 5 nitrogen and oxygen atoms in total. The van der Waals surface area contributed by atoms with Gasteiger partial charge in [-0.05, 0) is 63.3 Å². The zero-order valence-electron chi connectivity index (χ0n) is 14.0. The van der Waals surface area contributed by atoms with E-state index < -0.39 is 0 Å². The van der Waals surface area contributed by atoms with Crippen molar-refractivity contribution in [2.75, 3.05) is 13.1 Å². The summed E-state index contributed by atoms with van der Waals surface area (Å²) in [6.07, 6.45) is 5.73. The fourth-order valence-electron chi connectivity index (χ4n) is 4.53. The van der Waals surface area contributed by atoms with Gasteiger partial charge in [0.25, 0.3) is 0 Å². The first-order valence-electron chi connectivity index (χ1n) is 8.73. The number of aromatic nitrogens is 2. The molecule has 2 heterocycles. The van der Waals surface area contributed by atoms with E-state index in [0.717, 1.165) is 30.8 Å². The first-order chi connectivity index (χ1) is 10.5. The highest BCUT2D eigenvalue weighted by molar-refractivity contribution is 4.98. The standard InChI is InChI=1S/C17H29N3O2/c1-11-6-12(2)8-14(7-11)4-5-20-10-15(21)9-16(20)17-18-13(3)19-22-17/h11-12,14-16,21H,4-10H2,1-3H3/t11?,12?,14?,15-,16-/m1/s1. The lowest BCUT2D eigenvalue weighted by atomic mass is 9.75. The quantitative estimate of drug-likeness (QED) is 0.926. The smallest absolute Gasteiger partial charge is 0.244 e. The van der Waals surface area contributed by atoms with Crippen LogP contribution in [0.4, 0.5) is 0 Å². The molecule has 5 heteroatoms. The van der Waals surface area contributed by atoms with Gasteiger partial charge >= 0.3 is 0 Å². The Labute approximate surface area is 133 Å². The molecular formula is C17H29N3O2. The van der Waals surface area contributed by atoms with Gasteiger partial charge in [0.2, 0.25) is 5.89 Å². The fraction of sp³-hybridized carbons (Fsp3) is 0.882. The molecule has 0 radical (unpaired) electrons. The normalized spacial score (nSPS) is 36.8. The number of aliphatic hydroxyl groups is 1. The lowest BCUT2D eigenvalue weighted by Gasteiger charge is -2.33. The van der Waals surface area contributed by atoms with Crippen LogP contribution >= 0.6 is 0 Å². The first-order valence-corrected chi connectivity index (χ1v) is 8.73. The molecule has 1 saturated heterocycles. The number of nitrogens with zero attached hydrogens (tertiary/aromatic N) is 3. The molecule has 2 fully saturated rings. The van der Waals surface area contributed by atoms with Gasteiger partial charge in [0, 0.05) is 6.54 Å². The third-order valence-electron chi connectivity index (χ3n) is 5.31. The number of hydrogen-bond donors (Lipinski definition) is 1. The van der Waals surface area contributed by atoms with Crippen LogP contribution in [-0.4, -0.2) is 39.3 Å². The van der Waals surface area contributed by atoms with Crippen LogP contribution in [-0.2, 0) is 0 Å². The van der Waals surface area contributed by atoms with Crippen molar-refractivity contribution in [1.29, 1.82) is 0 Å². The van der Waals surface area contributed by atoms with Crippen LogP contribution in [0.25, 0.3) is 0 Å². The minimum absolute atomic E-state index is 0.0923. The summed E-state index contributed by atoms with van der Waals surface area (Å²) in [5, 5.41) is 13.9. The van der Waals surface area contributed by atoms with E-state index in [1.807, 2.05) is 6.92 Å². The Morgan fingerprint density at radius 2 is 1.91 bits per heavy atom. The molecule has 1 aliphatic carbocycles. The van der Waals surface area contributed by atoms with Crippen molar-refractivity contribution in [2.24, 2.45) is 17.8 Å². The molecule has 1 aromatic heterocycles. The lowest BCUT2D eigenvalue weighted by molar-refractivity contribution is 0.149. The van der Waals surface area contributed by atoms with Crippen LogP contribution in [0.2, 0.25) is 0 Å². The SMILES string of the molecule is Cc1noc([C@H]2C[C@@H](O)CN2CCC2CC(C)CC(C)C2)n1. The Morgan fingerprint density at radius 3 is 2.55 bits per heavy atom. The van der Waals surface area contributed by atoms with E-state index >= 15 is 0 Å². The maximum atomic E-state index is 10.0. The van der Waals surface area contributed by atoms with E-state index in [9.17, 15) is 5.11 Å². The largest absolute Gasteiger partial charge is 0.392 e. The van der Waals surface area contributed by atoms with E-state index in [-0.39, 0.29) is 12.1 Å². The monoisotopic (exact) mass is 307 g/mol. The van der Waals surface area contributed by atoms with Crippen LogP contribution < -0.4 is 0 Å². The van der Waals surface area contributed by atoms with Crippen molar-refractivity contribution in [3.05, 3.63) is 11.7 Å². The van der Waals surface area contributed by atoms with Gasteiger partial charge in [-0.3, -0.25) is 4.90 Å². The molecule has 1 saturated carbocycles. The van der Waals surface area contributed by atoms with Crippen molar-refractivity contribution >= 4 is 0 Å². The molecule has 2 aliphatic rings. The molecule has 0 aromatic carbocycles. The van der Waals surface area contributed by atoms with Crippen LogP contribution in [0.5, 0.6) is 0 Å². The molecule has 1 aromatic rings. The minimum atomic E-state index is -0.276. The van der Waals surface area contributed by atoms with Crippen LogP contribution in [0.3, 0.4) is 0 Å². The van der Waals surface area contributed by atoms with Crippen molar-refractivity contribution in [1.82, 2.24) is 15.0 Å². The summed E-state index contributed by atoms with van der Waals surface area (Å²) in [5.41, 5.74) is 0. The van der Waals surface area contributed by atoms with E-state index in [2.05, 4.69) is 28.9 Å². The summed E-state index contributed by atoms with van der Waals surface area (Å²) in [5.74, 6) is 3.87. The molecule has 124 valence electrons. The third-order valence-corrected chi connectivity index (χ3v) is 5.31. The van der Waals surface area contributed by atoms with Crippen molar-refractivity contribution in [3.8, 4) is 0 Å². The molecule has 0 spiro atoms. The summed E-state index contributed by atoms with van der Waals surface area (Å²) < 4.78 is 5.34. The second kappa shape index (κ2) is 6.67. The molecular weight excluding hydrogens is 278 g/mol. The zero-order valence-corrected chi connectivity index (χ0v) is 14.0. The zero-order chi connectivity index (χ0) is 15.7. The van der Waals surface area contributed by atoms with Gasteiger partial charge in [0.05, 0.1) is 12.1 Å². The highest BCUT2D eigenvalue weighted by Crippen LogP contribution is 2.36. The van der Waals surface area contributed by atoms with Gasteiger partial charge in [-0.15, -0.1) is 0 Å². The molecule has 3 rings (SSSR count). The second-order valence-electron chi connectivity index (χ2n) is 7.65. The average Bonchev–Trinajstić information content (AvgIpc) is 3.01. The third kappa shape index (κ3) is 3.69. The average molecular weight is 307 g/mol. The highest BCUT2D eigenvalue weighted by Gasteiger charge is 2.36. The lowest BCUT2D eigenvalue weighted by Crippen LogP contribution is -2.29. The Morgan fingerprint density at radius 1 is 1.18 bits per heavy atom. The van der Waals surface area contributed by atoms with Crippen molar-refractivity contribution < 1.29 is 9.63 Å². The number of aryl methyl sites for hydroxylation is 1. The van der Waals surface area contributed by atoms with Gasteiger partial charge in [-0.2, -0.15) is 4.98 Å². The van der Waals surface area contributed by atoms with Gasteiger partial charge in [0.15, 0.2) is 5.82 Å². The Bertz CT molecular complexity index is 480. The molecule has 22 heavy (non-hydrogen) atoms. The Balaban J connectivity index is 1.58. The molecule has 2 unspecified atom stereocenters. The molecule has 1 aliphatic heterocycles. The summed E-state index contributed by atoms with van der Waals surface area (Å²) in [6, 6.07) is 0.0923. The van der Waals surface area contributed by atoms with Crippen molar-refractivity contribution in [3.63, 3.8) is 0 Å². The maximum absolute atomic E-state index is 10.0. The summed E-state index contributed by atoms with van der Waals surface area (Å²) in [6.45, 7) is 8.35. The molecule has 0 bridgehead atoms. The number of β-amino-alcohol motifs (C(OH)–C–C–N with tert-alkyl or cyclic N) is 1. The summed E-state index contributed by atoms with van der Waals surface area (Å²) >= 11 is 0.